The highest BCUT2D eigenvalue weighted by atomic mass is 16.1. The van der Waals surface area contributed by atoms with Crippen LogP contribution in [-0.4, -0.2) is 5.91 Å². The third kappa shape index (κ3) is 2.21. The monoisotopic (exact) mass is 139 g/mol. The van der Waals surface area contributed by atoms with Gasteiger partial charge < -0.3 is 5.73 Å². The van der Waals surface area contributed by atoms with Crippen LogP contribution >= 0.6 is 0 Å². The average molecular weight is 139 g/mol. The van der Waals surface area contributed by atoms with Gasteiger partial charge in [0.15, 0.2) is 0 Å². The molecule has 0 aliphatic heterocycles. The zero-order valence-electron chi connectivity index (χ0n) is 6.10. The molecular formula is C8H13NO. The van der Waals surface area contributed by atoms with E-state index >= 15 is 0 Å². The number of primary amides is 1. The molecule has 0 fully saturated rings. The third-order valence-electron chi connectivity index (χ3n) is 1.79. The van der Waals surface area contributed by atoms with Gasteiger partial charge in [-0.1, -0.05) is 11.6 Å². The maximum absolute atomic E-state index is 10.4. The molecular weight excluding hydrogens is 126 g/mol. The van der Waals surface area contributed by atoms with Gasteiger partial charge in [-0.3, -0.25) is 4.79 Å². The Morgan fingerprint density at radius 1 is 1.60 bits per heavy atom. The van der Waals surface area contributed by atoms with Crippen LogP contribution in [0.4, 0.5) is 0 Å². The fourth-order valence-corrected chi connectivity index (χ4v) is 1.29. The van der Waals surface area contributed by atoms with Gasteiger partial charge in [0.1, 0.15) is 0 Å². The SMILES string of the molecule is NC(=O)CC1=CCCCC1. The summed E-state index contributed by atoms with van der Waals surface area (Å²) in [6.45, 7) is 0. The summed E-state index contributed by atoms with van der Waals surface area (Å²) in [6, 6.07) is 0. The fraction of sp³-hybridized carbons (Fsp3) is 0.625. The van der Waals surface area contributed by atoms with E-state index in [9.17, 15) is 4.79 Å². The Labute approximate surface area is 61.1 Å². The Hall–Kier alpha value is -0.790. The van der Waals surface area contributed by atoms with Gasteiger partial charge in [0, 0.05) is 6.42 Å². The van der Waals surface area contributed by atoms with Crippen LogP contribution in [0.1, 0.15) is 32.1 Å². The predicted octanol–water partition coefficient (Wildman–Crippen LogP) is 1.36. The summed E-state index contributed by atoms with van der Waals surface area (Å²) < 4.78 is 0. The second-order valence-electron chi connectivity index (χ2n) is 2.75. The summed E-state index contributed by atoms with van der Waals surface area (Å²) in [5.41, 5.74) is 6.28. The van der Waals surface area contributed by atoms with Crippen LogP contribution in [0.5, 0.6) is 0 Å². The largest absolute Gasteiger partial charge is 0.369 e. The molecule has 2 nitrogen and oxygen atoms in total. The summed E-state index contributed by atoms with van der Waals surface area (Å²) in [7, 11) is 0. The van der Waals surface area contributed by atoms with Crippen molar-refractivity contribution >= 4 is 5.91 Å². The van der Waals surface area contributed by atoms with Crippen LogP contribution < -0.4 is 5.73 Å². The molecule has 0 aromatic carbocycles. The van der Waals surface area contributed by atoms with Crippen molar-refractivity contribution in [1.82, 2.24) is 0 Å². The molecule has 10 heavy (non-hydrogen) atoms. The molecule has 1 amide bonds. The molecule has 0 bridgehead atoms. The summed E-state index contributed by atoms with van der Waals surface area (Å²) in [5, 5.41) is 0. The number of allylic oxidation sites excluding steroid dienone is 1. The first kappa shape index (κ1) is 7.32. The van der Waals surface area contributed by atoms with Gasteiger partial charge in [0.25, 0.3) is 0 Å². The van der Waals surface area contributed by atoms with Gasteiger partial charge >= 0.3 is 0 Å². The number of hydrogen-bond donors (Lipinski definition) is 1. The normalized spacial score (nSPS) is 18.2. The van der Waals surface area contributed by atoms with Gasteiger partial charge in [0.05, 0.1) is 0 Å². The van der Waals surface area contributed by atoms with E-state index in [1.165, 1.54) is 18.4 Å². The number of nitrogens with two attached hydrogens (primary N) is 1. The molecule has 0 saturated heterocycles. The number of amides is 1. The highest BCUT2D eigenvalue weighted by Gasteiger charge is 2.05. The molecule has 1 rings (SSSR count). The van der Waals surface area contributed by atoms with Crippen LogP contribution in [0, 0.1) is 0 Å². The molecule has 0 radical (unpaired) electrons. The molecule has 2 N–H and O–H groups in total. The van der Waals surface area contributed by atoms with Crippen molar-refractivity contribution in [2.75, 3.05) is 0 Å². The first-order chi connectivity index (χ1) is 4.79. The van der Waals surface area contributed by atoms with Crippen molar-refractivity contribution in [3.63, 3.8) is 0 Å². The molecule has 56 valence electrons. The lowest BCUT2D eigenvalue weighted by Gasteiger charge is -2.09. The van der Waals surface area contributed by atoms with Crippen molar-refractivity contribution < 1.29 is 4.79 Å². The minimum Gasteiger partial charge on any atom is -0.369 e. The van der Waals surface area contributed by atoms with Gasteiger partial charge in [-0.2, -0.15) is 0 Å². The first-order valence-electron chi connectivity index (χ1n) is 3.75. The van der Waals surface area contributed by atoms with Crippen molar-refractivity contribution in [1.29, 1.82) is 0 Å². The standard InChI is InChI=1S/C8H13NO/c9-8(10)6-7-4-2-1-3-5-7/h4H,1-3,5-6H2,(H2,9,10). The molecule has 1 aliphatic carbocycles. The van der Waals surface area contributed by atoms with Crippen molar-refractivity contribution in [3.05, 3.63) is 11.6 Å². The molecule has 0 aromatic rings. The first-order valence-corrected chi connectivity index (χ1v) is 3.75. The van der Waals surface area contributed by atoms with E-state index in [0.29, 0.717) is 6.42 Å². The predicted molar refractivity (Wildman–Crippen MR) is 40.4 cm³/mol. The van der Waals surface area contributed by atoms with Crippen LogP contribution in [0.15, 0.2) is 11.6 Å². The Morgan fingerprint density at radius 3 is 2.90 bits per heavy atom. The zero-order chi connectivity index (χ0) is 7.40. The average Bonchev–Trinajstić information content (AvgIpc) is 1.88. The lowest BCUT2D eigenvalue weighted by molar-refractivity contribution is -0.117. The quantitative estimate of drug-likeness (QED) is 0.577. The van der Waals surface area contributed by atoms with Crippen molar-refractivity contribution in [3.8, 4) is 0 Å². The number of carbonyl (C=O) groups is 1. The van der Waals surface area contributed by atoms with E-state index in [1.807, 2.05) is 0 Å². The van der Waals surface area contributed by atoms with Gasteiger partial charge in [-0.15, -0.1) is 0 Å². The maximum atomic E-state index is 10.4. The van der Waals surface area contributed by atoms with Crippen LogP contribution in [0.25, 0.3) is 0 Å². The van der Waals surface area contributed by atoms with Crippen molar-refractivity contribution in [2.45, 2.75) is 32.1 Å². The molecule has 0 spiro atoms. The topological polar surface area (TPSA) is 43.1 Å². The molecule has 0 aromatic heterocycles. The van der Waals surface area contributed by atoms with E-state index in [4.69, 9.17) is 5.73 Å². The fourth-order valence-electron chi connectivity index (χ4n) is 1.29. The van der Waals surface area contributed by atoms with Crippen LogP contribution in [0.2, 0.25) is 0 Å². The van der Waals surface area contributed by atoms with E-state index in [0.717, 1.165) is 12.8 Å². The Balaban J connectivity index is 2.38. The number of rotatable bonds is 2. The van der Waals surface area contributed by atoms with Crippen LogP contribution in [-0.2, 0) is 4.79 Å². The highest BCUT2D eigenvalue weighted by Crippen LogP contribution is 2.19. The summed E-state index contributed by atoms with van der Waals surface area (Å²) in [6.07, 6.45) is 7.31. The van der Waals surface area contributed by atoms with Crippen LogP contribution in [0.3, 0.4) is 0 Å². The van der Waals surface area contributed by atoms with E-state index in [1.54, 1.807) is 0 Å². The second kappa shape index (κ2) is 3.40. The molecule has 0 unspecified atom stereocenters. The lowest BCUT2D eigenvalue weighted by Crippen LogP contribution is -2.11. The Morgan fingerprint density at radius 2 is 2.40 bits per heavy atom. The molecule has 0 atom stereocenters. The molecule has 1 aliphatic rings. The van der Waals surface area contributed by atoms with E-state index < -0.39 is 0 Å². The third-order valence-corrected chi connectivity index (χ3v) is 1.79. The smallest absolute Gasteiger partial charge is 0.221 e. The minimum absolute atomic E-state index is 0.201. The molecule has 0 saturated carbocycles. The highest BCUT2D eigenvalue weighted by molar-refractivity contribution is 5.76. The van der Waals surface area contributed by atoms with Gasteiger partial charge in [-0.25, -0.2) is 0 Å². The summed E-state index contributed by atoms with van der Waals surface area (Å²) in [4.78, 5) is 10.4. The summed E-state index contributed by atoms with van der Waals surface area (Å²) >= 11 is 0. The second-order valence-corrected chi connectivity index (χ2v) is 2.75. The number of hydrogen-bond acceptors (Lipinski definition) is 1. The zero-order valence-corrected chi connectivity index (χ0v) is 6.10. The minimum atomic E-state index is -0.201. The van der Waals surface area contributed by atoms with E-state index in [-0.39, 0.29) is 5.91 Å². The molecule has 2 heteroatoms. The molecule has 0 heterocycles. The summed E-state index contributed by atoms with van der Waals surface area (Å²) in [5.74, 6) is -0.201. The maximum Gasteiger partial charge on any atom is 0.221 e. The lowest BCUT2D eigenvalue weighted by atomic mass is 9.97. The van der Waals surface area contributed by atoms with E-state index in [2.05, 4.69) is 6.08 Å². The Kier molecular flexibility index (Phi) is 2.49. The van der Waals surface area contributed by atoms with Crippen molar-refractivity contribution in [2.24, 2.45) is 5.73 Å². The van der Waals surface area contributed by atoms with Gasteiger partial charge in [0.2, 0.25) is 5.91 Å². The Bertz CT molecular complexity index is 161. The number of carbonyl (C=O) groups excluding carboxylic acids is 1. The van der Waals surface area contributed by atoms with Gasteiger partial charge in [-0.05, 0) is 25.7 Å².